The molecular weight excluding hydrogens is 186 g/mol. The minimum Gasteiger partial charge on any atom is -0.496 e. The predicted molar refractivity (Wildman–Crippen MR) is 63.3 cm³/mol. The highest BCUT2D eigenvalue weighted by atomic mass is 16.5. The van der Waals surface area contributed by atoms with Crippen LogP contribution in [0.1, 0.15) is 16.7 Å². The lowest BCUT2D eigenvalue weighted by Crippen LogP contribution is -2.08. The van der Waals surface area contributed by atoms with Crippen molar-refractivity contribution < 1.29 is 4.74 Å². The average molecular weight is 203 g/mol. The molecule has 80 valence electrons. The quantitative estimate of drug-likeness (QED) is 0.796. The molecule has 0 bridgehead atoms. The highest BCUT2D eigenvalue weighted by Crippen LogP contribution is 2.31. The van der Waals surface area contributed by atoms with Crippen molar-refractivity contribution in [2.45, 2.75) is 13.8 Å². The molecule has 1 aliphatic rings. The minimum absolute atomic E-state index is 0.945. The van der Waals surface area contributed by atoms with Gasteiger partial charge in [-0.2, -0.15) is 0 Å². The molecule has 2 rings (SSSR count). The van der Waals surface area contributed by atoms with E-state index in [2.05, 4.69) is 37.4 Å². The Morgan fingerprint density at radius 3 is 2.67 bits per heavy atom. The van der Waals surface area contributed by atoms with Crippen LogP contribution in [-0.2, 0) is 0 Å². The Morgan fingerprint density at radius 1 is 1.27 bits per heavy atom. The fourth-order valence-electron chi connectivity index (χ4n) is 2.17. The van der Waals surface area contributed by atoms with E-state index >= 15 is 0 Å². The van der Waals surface area contributed by atoms with E-state index in [-0.39, 0.29) is 0 Å². The number of methoxy groups -OCH3 is 1. The number of aryl methyl sites for hydroxylation is 2. The summed E-state index contributed by atoms with van der Waals surface area (Å²) in [5.74, 6) is 0.988. The van der Waals surface area contributed by atoms with Gasteiger partial charge >= 0.3 is 0 Å². The first-order valence-corrected chi connectivity index (χ1v) is 5.27. The third kappa shape index (κ3) is 1.90. The Labute approximate surface area is 91.0 Å². The molecule has 0 aromatic heterocycles. The molecule has 15 heavy (non-hydrogen) atoms. The van der Waals surface area contributed by atoms with Gasteiger partial charge in [0, 0.05) is 18.7 Å². The van der Waals surface area contributed by atoms with Crippen LogP contribution in [0.25, 0.3) is 5.57 Å². The van der Waals surface area contributed by atoms with Crippen molar-refractivity contribution in [2.24, 2.45) is 0 Å². The van der Waals surface area contributed by atoms with Gasteiger partial charge in [0.1, 0.15) is 5.75 Å². The molecule has 1 aliphatic heterocycles. The number of hydrogen-bond donors (Lipinski definition) is 1. The molecule has 1 N–H and O–H groups in total. The van der Waals surface area contributed by atoms with Crippen molar-refractivity contribution in [3.63, 3.8) is 0 Å². The summed E-state index contributed by atoms with van der Waals surface area (Å²) in [6.07, 6.45) is 2.24. The van der Waals surface area contributed by atoms with E-state index in [4.69, 9.17) is 4.74 Å². The summed E-state index contributed by atoms with van der Waals surface area (Å²) >= 11 is 0. The van der Waals surface area contributed by atoms with Crippen LogP contribution in [0.3, 0.4) is 0 Å². The van der Waals surface area contributed by atoms with Crippen LogP contribution in [0, 0.1) is 13.8 Å². The topological polar surface area (TPSA) is 21.3 Å². The molecule has 0 atom stereocenters. The van der Waals surface area contributed by atoms with Crippen molar-refractivity contribution in [2.75, 3.05) is 20.2 Å². The predicted octanol–water partition coefficient (Wildman–Crippen LogP) is 2.30. The largest absolute Gasteiger partial charge is 0.496 e. The monoisotopic (exact) mass is 203 g/mol. The van der Waals surface area contributed by atoms with Crippen molar-refractivity contribution in [1.29, 1.82) is 0 Å². The van der Waals surface area contributed by atoms with Crippen LogP contribution in [0.4, 0.5) is 0 Å². The van der Waals surface area contributed by atoms with Crippen LogP contribution < -0.4 is 10.1 Å². The number of nitrogens with one attached hydrogen (secondary N) is 1. The van der Waals surface area contributed by atoms with Gasteiger partial charge in [0.05, 0.1) is 7.11 Å². The summed E-state index contributed by atoms with van der Waals surface area (Å²) in [7, 11) is 1.74. The van der Waals surface area contributed by atoms with E-state index in [0.717, 1.165) is 18.8 Å². The Morgan fingerprint density at radius 2 is 2.07 bits per heavy atom. The van der Waals surface area contributed by atoms with Gasteiger partial charge < -0.3 is 10.1 Å². The molecule has 0 unspecified atom stereocenters. The molecule has 1 heterocycles. The van der Waals surface area contributed by atoms with Crippen LogP contribution in [0.5, 0.6) is 5.75 Å². The summed E-state index contributed by atoms with van der Waals surface area (Å²) < 4.78 is 5.45. The fraction of sp³-hybridized carbons (Fsp3) is 0.385. The van der Waals surface area contributed by atoms with Crippen molar-refractivity contribution in [3.05, 3.63) is 34.9 Å². The Balaban J connectivity index is 2.53. The second kappa shape index (κ2) is 4.07. The van der Waals surface area contributed by atoms with E-state index in [1.165, 1.54) is 22.3 Å². The van der Waals surface area contributed by atoms with Crippen LogP contribution in [0.15, 0.2) is 18.2 Å². The molecule has 0 saturated carbocycles. The normalized spacial score (nSPS) is 15.3. The summed E-state index contributed by atoms with van der Waals surface area (Å²) in [4.78, 5) is 0. The lowest BCUT2D eigenvalue weighted by molar-refractivity contribution is 0.412. The first-order chi connectivity index (χ1) is 7.22. The zero-order valence-corrected chi connectivity index (χ0v) is 9.55. The van der Waals surface area contributed by atoms with Gasteiger partial charge in [-0.25, -0.2) is 0 Å². The molecule has 0 saturated heterocycles. The van der Waals surface area contributed by atoms with Crippen molar-refractivity contribution in [1.82, 2.24) is 5.32 Å². The molecule has 0 spiro atoms. The molecule has 2 heteroatoms. The SMILES string of the molecule is COc1cc(C)cc(C)c1C1=CCNC1. The number of ether oxygens (including phenoxy) is 1. The maximum Gasteiger partial charge on any atom is 0.126 e. The Hall–Kier alpha value is -1.28. The fourth-order valence-corrected chi connectivity index (χ4v) is 2.17. The van der Waals surface area contributed by atoms with Crippen LogP contribution in [-0.4, -0.2) is 20.2 Å². The molecule has 0 aliphatic carbocycles. The van der Waals surface area contributed by atoms with E-state index < -0.39 is 0 Å². The standard InChI is InChI=1S/C13H17NO/c1-9-6-10(2)13(12(7-9)15-3)11-4-5-14-8-11/h4,6-7,14H,5,8H2,1-3H3. The zero-order valence-electron chi connectivity index (χ0n) is 9.55. The number of rotatable bonds is 2. The van der Waals surface area contributed by atoms with Gasteiger partial charge in [0.2, 0.25) is 0 Å². The van der Waals surface area contributed by atoms with Gasteiger partial charge in [-0.1, -0.05) is 12.1 Å². The summed E-state index contributed by atoms with van der Waals surface area (Å²) in [5.41, 5.74) is 5.15. The second-order valence-electron chi connectivity index (χ2n) is 4.02. The van der Waals surface area contributed by atoms with Gasteiger partial charge in [0.25, 0.3) is 0 Å². The molecule has 0 fully saturated rings. The van der Waals surface area contributed by atoms with Gasteiger partial charge in [-0.05, 0) is 36.6 Å². The lowest BCUT2D eigenvalue weighted by Gasteiger charge is -2.13. The van der Waals surface area contributed by atoms with Crippen molar-refractivity contribution in [3.8, 4) is 5.75 Å². The van der Waals surface area contributed by atoms with Crippen molar-refractivity contribution >= 4 is 5.57 Å². The highest BCUT2D eigenvalue weighted by Gasteiger charge is 2.14. The molecule has 2 nitrogen and oxygen atoms in total. The molecule has 1 aromatic rings. The first kappa shape index (κ1) is 10.2. The van der Waals surface area contributed by atoms with Crippen LogP contribution in [0.2, 0.25) is 0 Å². The maximum atomic E-state index is 5.45. The van der Waals surface area contributed by atoms with E-state index in [1.54, 1.807) is 7.11 Å². The highest BCUT2D eigenvalue weighted by molar-refractivity contribution is 5.76. The van der Waals surface area contributed by atoms with Gasteiger partial charge in [0.15, 0.2) is 0 Å². The molecular formula is C13H17NO. The van der Waals surface area contributed by atoms with Crippen LogP contribution >= 0.6 is 0 Å². The summed E-state index contributed by atoms with van der Waals surface area (Å²) in [6, 6.07) is 4.30. The minimum atomic E-state index is 0.945. The summed E-state index contributed by atoms with van der Waals surface area (Å²) in [5, 5.41) is 3.32. The van der Waals surface area contributed by atoms with E-state index in [0.29, 0.717) is 0 Å². The molecule has 1 aromatic carbocycles. The third-order valence-electron chi connectivity index (χ3n) is 2.79. The van der Waals surface area contributed by atoms with Gasteiger partial charge in [-0.15, -0.1) is 0 Å². The average Bonchev–Trinajstić information content (AvgIpc) is 2.69. The maximum absolute atomic E-state index is 5.45. The first-order valence-electron chi connectivity index (χ1n) is 5.27. The second-order valence-corrected chi connectivity index (χ2v) is 4.02. The zero-order chi connectivity index (χ0) is 10.8. The third-order valence-corrected chi connectivity index (χ3v) is 2.79. The number of benzene rings is 1. The summed E-state index contributed by atoms with van der Waals surface area (Å²) in [6.45, 7) is 6.15. The van der Waals surface area contributed by atoms with E-state index in [1.807, 2.05) is 0 Å². The van der Waals surface area contributed by atoms with E-state index in [9.17, 15) is 0 Å². The molecule has 0 radical (unpaired) electrons. The Kier molecular flexibility index (Phi) is 2.78. The number of hydrogen-bond acceptors (Lipinski definition) is 2. The lowest BCUT2D eigenvalue weighted by atomic mass is 9.98. The van der Waals surface area contributed by atoms with Gasteiger partial charge in [-0.3, -0.25) is 0 Å². The Bertz CT molecular complexity index is 407. The molecule has 0 amide bonds. The smallest absolute Gasteiger partial charge is 0.126 e.